The molecule has 0 saturated carbocycles. The summed E-state index contributed by atoms with van der Waals surface area (Å²) >= 11 is 0. The Labute approximate surface area is 534 Å². The molecule has 15 heteroatoms. The first-order chi connectivity index (χ1) is 42.7. The maximum absolute atomic E-state index is 4.46. The molecule has 8 aromatic rings. The Kier molecular flexibility index (Phi) is 36.1. The third-order valence-electron chi connectivity index (χ3n) is 14.3. The SMILES string of the molecule is CC.CC.CC.CC.CC.CC.CC.CC.Cc1cccc(N2CN(C)c3ccncc32)c1C.Cc1cccc(N2CN(C)c3cncnc32)c1C.Cc1cccc(N2CN(C)c3nccnc32)c1C.Cc1cccc(N2CN(C)c3ncncc32)c1C. The molecule has 4 aromatic carbocycles. The number of hydrogen-bond donors (Lipinski definition) is 0. The lowest BCUT2D eigenvalue weighted by atomic mass is 10.1. The van der Waals surface area contributed by atoms with E-state index in [9.17, 15) is 0 Å². The third-order valence-corrected chi connectivity index (χ3v) is 14.3. The van der Waals surface area contributed by atoms with Gasteiger partial charge in [-0.15, -0.1) is 0 Å². The molecular formula is C73H113N15. The molecule has 0 amide bonds. The van der Waals surface area contributed by atoms with E-state index in [1.54, 1.807) is 25.0 Å². The lowest BCUT2D eigenvalue weighted by Crippen LogP contribution is -2.25. The van der Waals surface area contributed by atoms with Crippen molar-refractivity contribution in [3.05, 3.63) is 173 Å². The van der Waals surface area contributed by atoms with Gasteiger partial charge in [-0.3, -0.25) is 4.98 Å². The number of aromatic nitrogens is 7. The van der Waals surface area contributed by atoms with E-state index in [-0.39, 0.29) is 0 Å². The van der Waals surface area contributed by atoms with Gasteiger partial charge in [-0.25, -0.2) is 29.9 Å². The number of aryl methyl sites for hydroxylation is 4. The minimum Gasteiger partial charge on any atom is -0.355 e. The Morgan fingerprint density at radius 2 is 0.580 bits per heavy atom. The summed E-state index contributed by atoms with van der Waals surface area (Å²) in [6.45, 7) is 52.5. The highest BCUT2D eigenvalue weighted by atomic mass is 15.4. The average molecular weight is 1200 g/mol. The molecule has 4 aliphatic heterocycles. The summed E-state index contributed by atoms with van der Waals surface area (Å²) in [6.07, 6.45) is 14.2. The number of anilines is 12. The molecule has 4 aliphatic rings. The van der Waals surface area contributed by atoms with Crippen LogP contribution in [0.2, 0.25) is 0 Å². The van der Waals surface area contributed by atoms with Gasteiger partial charge in [0.05, 0.1) is 56.6 Å². The van der Waals surface area contributed by atoms with Crippen LogP contribution in [0.4, 0.5) is 68.8 Å². The van der Waals surface area contributed by atoms with Crippen molar-refractivity contribution in [2.45, 2.75) is 166 Å². The Bertz CT molecular complexity index is 2810. The van der Waals surface area contributed by atoms with Gasteiger partial charge in [0.25, 0.3) is 0 Å². The molecule has 480 valence electrons. The molecule has 88 heavy (non-hydrogen) atoms. The van der Waals surface area contributed by atoms with E-state index >= 15 is 0 Å². The first kappa shape index (κ1) is 77.7. The average Bonchev–Trinajstić information content (AvgIpc) is 3.52. The molecule has 0 atom stereocenters. The number of rotatable bonds is 4. The molecule has 0 spiro atoms. The smallest absolute Gasteiger partial charge is 0.178 e. The summed E-state index contributed by atoms with van der Waals surface area (Å²) < 4.78 is 0. The number of pyridine rings is 1. The zero-order valence-electron chi connectivity index (χ0n) is 59.7. The number of nitrogens with zero attached hydrogens (tertiary/aromatic N) is 15. The molecule has 0 unspecified atom stereocenters. The molecule has 0 saturated heterocycles. The molecule has 0 bridgehead atoms. The molecule has 0 radical (unpaired) electrons. The van der Waals surface area contributed by atoms with Crippen LogP contribution in [0.3, 0.4) is 0 Å². The Morgan fingerprint density at radius 3 is 1.03 bits per heavy atom. The Balaban J connectivity index is 0.000000544. The van der Waals surface area contributed by atoms with Gasteiger partial charge in [-0.1, -0.05) is 159 Å². The fourth-order valence-corrected chi connectivity index (χ4v) is 9.61. The van der Waals surface area contributed by atoms with Gasteiger partial charge >= 0.3 is 0 Å². The van der Waals surface area contributed by atoms with Gasteiger partial charge in [0.2, 0.25) is 0 Å². The lowest BCUT2D eigenvalue weighted by Gasteiger charge is -2.22. The fourth-order valence-electron chi connectivity index (χ4n) is 9.61. The predicted molar refractivity (Wildman–Crippen MR) is 386 cm³/mol. The molecule has 0 N–H and O–H groups in total. The van der Waals surface area contributed by atoms with E-state index in [0.717, 1.165) is 61.3 Å². The van der Waals surface area contributed by atoms with Crippen LogP contribution in [-0.4, -0.2) is 89.8 Å². The summed E-state index contributed by atoms with van der Waals surface area (Å²) in [5.74, 6) is 3.86. The van der Waals surface area contributed by atoms with Crippen LogP contribution in [0.1, 0.15) is 155 Å². The van der Waals surface area contributed by atoms with Crippen LogP contribution in [0.15, 0.2) is 129 Å². The van der Waals surface area contributed by atoms with Crippen molar-refractivity contribution in [1.29, 1.82) is 0 Å². The van der Waals surface area contributed by atoms with Crippen molar-refractivity contribution in [3.63, 3.8) is 0 Å². The van der Waals surface area contributed by atoms with E-state index in [4.69, 9.17) is 0 Å². The van der Waals surface area contributed by atoms with Crippen LogP contribution >= 0.6 is 0 Å². The first-order valence-electron chi connectivity index (χ1n) is 32.3. The summed E-state index contributed by atoms with van der Waals surface area (Å²) in [5, 5.41) is 0. The van der Waals surface area contributed by atoms with Gasteiger partial charge in [-0.05, 0) is 130 Å². The number of hydrogen-bond acceptors (Lipinski definition) is 15. The zero-order valence-corrected chi connectivity index (χ0v) is 59.7. The second kappa shape index (κ2) is 40.9. The lowest BCUT2D eigenvalue weighted by molar-refractivity contribution is 0.931. The van der Waals surface area contributed by atoms with Crippen molar-refractivity contribution in [2.75, 3.05) is 94.1 Å². The standard InChI is InChI=1S/C15H17N3.3C14H16N4.8C2H6/c1-11-5-4-6-13(12(11)2)18-10-17(3)14-7-8-16-9-15(14)18;1-10-5-4-6-12(11(10)2)18-9-17(3)14-13(18)7-15-8-16-14;1-10-5-4-6-12(11(10)2)18-9-17(3)13-7-15-8-16-14(13)18;1-10-5-4-6-12(11(10)2)18-9-17(3)13-14(18)16-8-7-15-13;8*1-2/h4-9H,10H2,1-3H3;3*4-8H,9H2,1-3H3;8*1-2H3. The topological polar surface area (TPSA) is 116 Å². The van der Waals surface area contributed by atoms with Crippen LogP contribution in [0, 0.1) is 55.4 Å². The van der Waals surface area contributed by atoms with E-state index in [0.29, 0.717) is 0 Å². The van der Waals surface area contributed by atoms with E-state index in [1.165, 1.54) is 78.6 Å². The summed E-state index contributed by atoms with van der Waals surface area (Å²) in [4.78, 5) is 47.8. The van der Waals surface area contributed by atoms with Gasteiger partial charge in [-0.2, -0.15) is 0 Å². The predicted octanol–water partition coefficient (Wildman–Crippen LogP) is 19.4. The molecule has 12 rings (SSSR count). The molecule has 0 aliphatic carbocycles. The molecule has 0 fully saturated rings. The quantitative estimate of drug-likeness (QED) is 0.166. The second-order valence-corrected chi connectivity index (χ2v) is 19.0. The molecule has 4 aromatic heterocycles. The van der Waals surface area contributed by atoms with E-state index in [1.807, 2.05) is 143 Å². The van der Waals surface area contributed by atoms with Gasteiger partial charge < -0.3 is 39.2 Å². The molecular weight excluding hydrogens is 1090 g/mol. The third kappa shape index (κ3) is 18.8. The van der Waals surface area contributed by atoms with Gasteiger partial charge in [0.1, 0.15) is 24.0 Å². The van der Waals surface area contributed by atoms with Crippen molar-refractivity contribution < 1.29 is 0 Å². The van der Waals surface area contributed by atoms with Crippen molar-refractivity contribution in [3.8, 4) is 0 Å². The fraction of sp³-hybridized carbons (Fsp3) is 0.438. The normalized spacial score (nSPS) is 12.0. The van der Waals surface area contributed by atoms with Gasteiger partial charge in [0.15, 0.2) is 23.3 Å². The highest BCUT2D eigenvalue weighted by Crippen LogP contribution is 2.43. The van der Waals surface area contributed by atoms with E-state index < -0.39 is 0 Å². The molecule has 8 heterocycles. The maximum atomic E-state index is 4.46. The minimum absolute atomic E-state index is 0.795. The van der Waals surface area contributed by atoms with Crippen LogP contribution in [0.25, 0.3) is 0 Å². The van der Waals surface area contributed by atoms with Crippen LogP contribution in [-0.2, 0) is 0 Å². The summed E-state index contributed by atoms with van der Waals surface area (Å²) in [6, 6.07) is 27.7. The molecule has 15 nitrogen and oxygen atoms in total. The minimum atomic E-state index is 0.795. The van der Waals surface area contributed by atoms with Crippen molar-refractivity contribution in [1.82, 2.24) is 34.9 Å². The maximum Gasteiger partial charge on any atom is 0.178 e. The highest BCUT2D eigenvalue weighted by molar-refractivity contribution is 5.84. The zero-order chi connectivity index (χ0) is 66.8. The monoisotopic (exact) mass is 1200 g/mol. The number of fused-ring (bicyclic) bond motifs is 4. The summed E-state index contributed by atoms with van der Waals surface area (Å²) in [5.41, 5.74) is 20.0. The van der Waals surface area contributed by atoms with Crippen molar-refractivity contribution >= 4 is 68.8 Å². The van der Waals surface area contributed by atoms with Crippen molar-refractivity contribution in [2.24, 2.45) is 0 Å². The summed E-state index contributed by atoms with van der Waals surface area (Å²) in [7, 11) is 8.27. The van der Waals surface area contributed by atoms with E-state index in [2.05, 4.69) is 229 Å². The number of benzene rings is 4. The second-order valence-electron chi connectivity index (χ2n) is 19.0. The largest absolute Gasteiger partial charge is 0.355 e. The van der Waals surface area contributed by atoms with Gasteiger partial charge in [0, 0.05) is 69.5 Å². The van der Waals surface area contributed by atoms with Crippen LogP contribution < -0.4 is 39.2 Å². The Morgan fingerprint density at radius 1 is 0.261 bits per heavy atom. The van der Waals surface area contributed by atoms with Crippen LogP contribution in [0.5, 0.6) is 0 Å². The first-order valence-corrected chi connectivity index (χ1v) is 32.3. The highest BCUT2D eigenvalue weighted by Gasteiger charge is 2.30. The Hall–Kier alpha value is -8.33.